The van der Waals surface area contributed by atoms with E-state index < -0.39 is 33.0 Å². The van der Waals surface area contributed by atoms with Crippen molar-refractivity contribution in [3.8, 4) is 0 Å². The SMILES string of the molecule is CC1(C)C[C@H]2C[C@@](C)(CN2c2c([N+](=O)[O-])cc(C(F)(F)F)cc2[N+](=O)[O-])C1. The van der Waals surface area contributed by atoms with Crippen LogP contribution in [-0.4, -0.2) is 22.4 Å². The number of nitro groups is 2. The molecule has 1 saturated heterocycles. The van der Waals surface area contributed by atoms with Gasteiger partial charge in [-0.25, -0.2) is 0 Å². The minimum absolute atomic E-state index is 0.0537. The van der Waals surface area contributed by atoms with E-state index in [4.69, 9.17) is 0 Å². The molecule has 2 bridgehead atoms. The maximum atomic E-state index is 13.1. The molecule has 1 aliphatic heterocycles. The number of alkyl halides is 3. The van der Waals surface area contributed by atoms with E-state index in [9.17, 15) is 33.4 Å². The predicted molar refractivity (Wildman–Crippen MR) is 91.6 cm³/mol. The van der Waals surface area contributed by atoms with E-state index >= 15 is 0 Å². The largest absolute Gasteiger partial charge is 0.416 e. The van der Waals surface area contributed by atoms with Crippen molar-refractivity contribution in [1.82, 2.24) is 0 Å². The Morgan fingerprint density at radius 3 is 2.04 bits per heavy atom. The van der Waals surface area contributed by atoms with Gasteiger partial charge in [0.25, 0.3) is 11.4 Å². The van der Waals surface area contributed by atoms with Crippen LogP contribution in [0.15, 0.2) is 12.1 Å². The molecule has 2 atom stereocenters. The highest BCUT2D eigenvalue weighted by Crippen LogP contribution is 2.56. The van der Waals surface area contributed by atoms with E-state index in [1.807, 2.05) is 6.92 Å². The van der Waals surface area contributed by atoms with Crippen LogP contribution in [0.4, 0.5) is 30.2 Å². The van der Waals surface area contributed by atoms with Gasteiger partial charge >= 0.3 is 6.18 Å². The van der Waals surface area contributed by atoms with Gasteiger partial charge in [0.05, 0.1) is 15.4 Å². The van der Waals surface area contributed by atoms with Gasteiger partial charge in [-0.3, -0.25) is 20.2 Å². The Morgan fingerprint density at radius 2 is 1.59 bits per heavy atom. The summed E-state index contributed by atoms with van der Waals surface area (Å²) in [7, 11) is 0. The Morgan fingerprint density at radius 1 is 1.07 bits per heavy atom. The molecule has 27 heavy (non-hydrogen) atoms. The van der Waals surface area contributed by atoms with Crippen LogP contribution < -0.4 is 4.90 Å². The molecule has 3 rings (SSSR count). The van der Waals surface area contributed by atoms with Gasteiger partial charge in [-0.15, -0.1) is 0 Å². The van der Waals surface area contributed by atoms with Gasteiger partial charge in [0.1, 0.15) is 0 Å². The lowest BCUT2D eigenvalue weighted by Gasteiger charge is -2.39. The van der Waals surface area contributed by atoms with Crippen LogP contribution in [0.5, 0.6) is 0 Å². The first-order valence-electron chi connectivity index (χ1n) is 8.53. The molecule has 0 spiro atoms. The standard InChI is InChI=1S/C17H20F3N3O4/c1-15(2)6-11-7-16(3,8-15)9-21(11)14-12(22(24)25)4-10(17(18,19)20)5-13(14)23(26)27/h4-5,11H,6-9H2,1-3H3/t11-,16+/m0/s1. The van der Waals surface area contributed by atoms with E-state index in [0.717, 1.165) is 6.42 Å². The van der Waals surface area contributed by atoms with Crippen molar-refractivity contribution in [2.45, 2.75) is 52.3 Å². The maximum Gasteiger partial charge on any atom is 0.416 e. The van der Waals surface area contributed by atoms with Gasteiger partial charge in [0, 0.05) is 24.7 Å². The zero-order valence-electron chi connectivity index (χ0n) is 15.2. The van der Waals surface area contributed by atoms with Crippen LogP contribution in [0.25, 0.3) is 0 Å². The number of nitro benzene ring substituents is 2. The Hall–Kier alpha value is -2.39. The summed E-state index contributed by atoms with van der Waals surface area (Å²) in [5, 5.41) is 23.0. The third-order valence-corrected chi connectivity index (χ3v) is 5.49. The molecule has 148 valence electrons. The van der Waals surface area contributed by atoms with Crippen molar-refractivity contribution < 1.29 is 23.0 Å². The molecular formula is C17H20F3N3O4. The Bertz CT molecular complexity index is 789. The smallest absolute Gasteiger partial charge is 0.357 e. The third-order valence-electron chi connectivity index (χ3n) is 5.49. The van der Waals surface area contributed by atoms with E-state index in [0.29, 0.717) is 31.5 Å². The van der Waals surface area contributed by atoms with Crippen molar-refractivity contribution in [1.29, 1.82) is 0 Å². The van der Waals surface area contributed by atoms with Crippen LogP contribution in [-0.2, 0) is 6.18 Å². The molecule has 0 aromatic heterocycles. The van der Waals surface area contributed by atoms with Crippen molar-refractivity contribution >= 4 is 17.1 Å². The van der Waals surface area contributed by atoms with Crippen molar-refractivity contribution in [3.05, 3.63) is 37.9 Å². The number of benzene rings is 1. The van der Waals surface area contributed by atoms with Crippen molar-refractivity contribution in [2.75, 3.05) is 11.4 Å². The van der Waals surface area contributed by atoms with E-state index in [1.54, 1.807) is 4.90 Å². The molecule has 1 aromatic rings. The average Bonchev–Trinajstić information content (AvgIpc) is 2.73. The van der Waals surface area contributed by atoms with E-state index in [1.165, 1.54) is 0 Å². The number of fused-ring (bicyclic) bond motifs is 2. The minimum atomic E-state index is -4.91. The first-order valence-corrected chi connectivity index (χ1v) is 8.53. The van der Waals surface area contributed by atoms with Crippen LogP contribution >= 0.6 is 0 Å². The molecule has 0 N–H and O–H groups in total. The molecular weight excluding hydrogens is 367 g/mol. The summed E-state index contributed by atoms with van der Waals surface area (Å²) in [5.41, 5.74) is -3.70. The van der Waals surface area contributed by atoms with Gasteiger partial charge in [-0.1, -0.05) is 20.8 Å². The molecule has 1 aliphatic carbocycles. The molecule has 2 fully saturated rings. The van der Waals surface area contributed by atoms with Crippen LogP contribution in [0.1, 0.15) is 45.6 Å². The monoisotopic (exact) mass is 387 g/mol. The predicted octanol–water partition coefficient (Wildman–Crippen LogP) is 4.93. The first-order chi connectivity index (χ1) is 12.2. The molecule has 1 aromatic carbocycles. The molecule has 0 amide bonds. The van der Waals surface area contributed by atoms with Crippen LogP contribution in [0.3, 0.4) is 0 Å². The zero-order chi connectivity index (χ0) is 20.4. The summed E-state index contributed by atoms with van der Waals surface area (Å²) >= 11 is 0. The zero-order valence-corrected chi connectivity index (χ0v) is 15.2. The average molecular weight is 387 g/mol. The van der Waals surface area contributed by atoms with Crippen LogP contribution in [0, 0.1) is 31.1 Å². The number of hydrogen-bond donors (Lipinski definition) is 0. The molecule has 1 saturated carbocycles. The highest BCUT2D eigenvalue weighted by Gasteiger charge is 2.52. The molecule has 0 unspecified atom stereocenters. The Labute approximate surface area is 153 Å². The summed E-state index contributed by atoms with van der Waals surface area (Å²) in [6, 6.07) is 0.615. The second-order valence-corrected chi connectivity index (χ2v) is 8.72. The van der Waals surface area contributed by atoms with Gasteiger partial charge in [0.15, 0.2) is 5.69 Å². The number of nitrogens with zero attached hydrogens (tertiary/aromatic N) is 3. The summed E-state index contributed by atoms with van der Waals surface area (Å²) < 4.78 is 39.3. The molecule has 10 heteroatoms. The lowest BCUT2D eigenvalue weighted by atomic mass is 9.65. The number of anilines is 1. The fraction of sp³-hybridized carbons (Fsp3) is 0.647. The molecule has 1 heterocycles. The Balaban J connectivity index is 2.21. The fourth-order valence-electron chi connectivity index (χ4n) is 5.06. The lowest BCUT2D eigenvalue weighted by Crippen LogP contribution is -2.35. The topological polar surface area (TPSA) is 89.5 Å². The van der Waals surface area contributed by atoms with Crippen molar-refractivity contribution in [3.63, 3.8) is 0 Å². The Kier molecular flexibility index (Phi) is 4.16. The van der Waals surface area contributed by atoms with Gasteiger partial charge < -0.3 is 4.90 Å². The van der Waals surface area contributed by atoms with Gasteiger partial charge in [-0.2, -0.15) is 13.2 Å². The summed E-state index contributed by atoms with van der Waals surface area (Å²) in [6.07, 6.45) is -2.71. The number of halogens is 3. The van der Waals surface area contributed by atoms with Crippen LogP contribution in [0.2, 0.25) is 0 Å². The van der Waals surface area contributed by atoms with Gasteiger partial charge in [-0.05, 0) is 30.1 Å². The van der Waals surface area contributed by atoms with E-state index in [-0.39, 0.29) is 22.6 Å². The highest BCUT2D eigenvalue weighted by atomic mass is 19.4. The quantitative estimate of drug-likeness (QED) is 0.542. The fourth-order valence-corrected chi connectivity index (χ4v) is 5.06. The number of hydrogen-bond acceptors (Lipinski definition) is 5. The maximum absolute atomic E-state index is 13.1. The minimum Gasteiger partial charge on any atom is -0.357 e. The lowest BCUT2D eigenvalue weighted by molar-refractivity contribution is -0.393. The summed E-state index contributed by atoms with van der Waals surface area (Å²) in [5.74, 6) is 0. The second-order valence-electron chi connectivity index (χ2n) is 8.72. The highest BCUT2D eigenvalue weighted by molar-refractivity contribution is 5.77. The molecule has 0 radical (unpaired) electrons. The third kappa shape index (κ3) is 3.44. The second kappa shape index (κ2) is 5.80. The summed E-state index contributed by atoms with van der Waals surface area (Å²) in [6.45, 7) is 6.49. The van der Waals surface area contributed by atoms with E-state index in [2.05, 4.69) is 13.8 Å². The van der Waals surface area contributed by atoms with Gasteiger partial charge in [0.2, 0.25) is 0 Å². The number of rotatable bonds is 3. The molecule has 2 aliphatic rings. The van der Waals surface area contributed by atoms with Crippen molar-refractivity contribution in [2.24, 2.45) is 10.8 Å². The normalized spacial score (nSPS) is 26.9. The summed E-state index contributed by atoms with van der Waals surface area (Å²) in [4.78, 5) is 22.7. The first kappa shape index (κ1) is 19.4. The molecule has 7 nitrogen and oxygen atoms in total.